The zero-order valence-corrected chi connectivity index (χ0v) is 20.2. The van der Waals surface area contributed by atoms with Gasteiger partial charge in [-0.05, 0) is 42.1 Å². The van der Waals surface area contributed by atoms with Crippen LogP contribution in [0.2, 0.25) is 0 Å². The van der Waals surface area contributed by atoms with Gasteiger partial charge in [0.05, 0.1) is 20.5 Å². The van der Waals surface area contributed by atoms with E-state index in [1.807, 2.05) is 0 Å². The van der Waals surface area contributed by atoms with Crippen molar-refractivity contribution in [3.63, 3.8) is 0 Å². The van der Waals surface area contributed by atoms with Gasteiger partial charge in [0.15, 0.2) is 0 Å². The van der Waals surface area contributed by atoms with Crippen molar-refractivity contribution in [3.8, 4) is 0 Å². The van der Waals surface area contributed by atoms with E-state index in [2.05, 4.69) is 5.32 Å². The third kappa shape index (κ3) is 6.82. The second kappa shape index (κ2) is 10.8. The monoisotopic (exact) mass is 620 g/mol. The second-order valence-corrected chi connectivity index (χ2v) is 11.0. The molecular weight excluding hydrogens is 610 g/mol. The summed E-state index contributed by atoms with van der Waals surface area (Å²) in [4.78, 5) is 19.5. The van der Waals surface area contributed by atoms with Gasteiger partial charge in [0.1, 0.15) is 0 Å². The molecule has 210 valence electrons. The predicted octanol–water partition coefficient (Wildman–Crippen LogP) is 6.50. The predicted molar refractivity (Wildman–Crippen MR) is 114 cm³/mol. The van der Waals surface area contributed by atoms with Crippen LogP contribution in [0.25, 0.3) is 0 Å². The Hall–Kier alpha value is -2.74. The average molecular weight is 620 g/mol. The lowest BCUT2D eigenvalue weighted by atomic mass is 10.3. The van der Waals surface area contributed by atoms with E-state index in [9.17, 15) is 67.2 Å². The molecule has 1 amide bonds. The first-order valence-electron chi connectivity index (χ1n) is 9.24. The number of carbonyl (C=O) groups excluding carboxylic acids is 1. The Morgan fingerprint density at radius 3 is 2.08 bits per heavy atom. The maximum Gasteiger partial charge on any atom is 0.501 e. The number of nitro benzene ring substituents is 1. The lowest BCUT2D eigenvalue weighted by Crippen LogP contribution is -2.49. The van der Waals surface area contributed by atoms with Crippen molar-refractivity contribution in [1.82, 2.24) is 0 Å². The molecule has 0 atom stereocenters. The Morgan fingerprint density at radius 2 is 1.55 bits per heavy atom. The zero-order chi connectivity index (χ0) is 29.3. The Kier molecular flexibility index (Phi) is 8.94. The number of hydrogen-bond donors (Lipinski definition) is 1. The molecule has 2 aromatic carbocycles. The minimum atomic E-state index is -6.55. The molecule has 0 unspecified atom stereocenters. The van der Waals surface area contributed by atoms with E-state index in [1.54, 1.807) is 0 Å². The molecule has 0 saturated carbocycles. The summed E-state index contributed by atoms with van der Waals surface area (Å²) in [5.74, 6) is -8.10. The molecule has 0 aliphatic carbocycles. The van der Waals surface area contributed by atoms with E-state index >= 15 is 0 Å². The van der Waals surface area contributed by atoms with Crippen molar-refractivity contribution >= 4 is 50.6 Å². The highest BCUT2D eigenvalue weighted by atomic mass is 32.2. The van der Waals surface area contributed by atoms with Crippen molar-refractivity contribution in [2.24, 2.45) is 0 Å². The lowest BCUT2D eigenvalue weighted by Gasteiger charge is -2.27. The largest absolute Gasteiger partial charge is 0.501 e. The fourth-order valence-corrected chi connectivity index (χ4v) is 4.88. The molecule has 0 heterocycles. The van der Waals surface area contributed by atoms with Gasteiger partial charge in [-0.1, -0.05) is 6.07 Å². The van der Waals surface area contributed by atoms with Gasteiger partial charge >= 0.3 is 22.9 Å². The van der Waals surface area contributed by atoms with Crippen molar-refractivity contribution < 1.29 is 62.0 Å². The fraction of sp³-hybridized carbons (Fsp3) is 0.278. The number of nitrogens with one attached hydrogen (secondary N) is 1. The molecule has 38 heavy (non-hydrogen) atoms. The number of thioether (sulfide) groups is 2. The number of nitro groups is 1. The van der Waals surface area contributed by atoms with Gasteiger partial charge in [0.25, 0.3) is 15.5 Å². The molecule has 0 spiro atoms. The number of alkyl halides is 10. The third-order valence-electron chi connectivity index (χ3n) is 4.19. The fourth-order valence-electron chi connectivity index (χ4n) is 2.42. The van der Waals surface area contributed by atoms with Crippen LogP contribution in [0.5, 0.6) is 0 Å². The molecule has 2 rings (SSSR count). The summed E-state index contributed by atoms with van der Waals surface area (Å²) in [7, 11) is -5.91. The number of benzene rings is 2. The summed E-state index contributed by atoms with van der Waals surface area (Å²) in [5, 5.41) is 7.65. The standard InChI is InChI=1S/C18H10F10N2O5S3/c19-15(20,16(21,22)23)17(24,25)37-10-3-1-2-9(6-10)29-14(31)8-36-13-5-4-11(7-12(13)30(32)33)38(34,35)18(26,27)28/h1-7H,8H2,(H,29,31). The van der Waals surface area contributed by atoms with Crippen molar-refractivity contribution in [2.45, 2.75) is 37.5 Å². The Bertz CT molecular complexity index is 1330. The zero-order valence-electron chi connectivity index (χ0n) is 17.7. The molecule has 7 nitrogen and oxygen atoms in total. The summed E-state index contributed by atoms with van der Waals surface area (Å²) in [6.07, 6.45) is -6.55. The van der Waals surface area contributed by atoms with Gasteiger partial charge in [0.2, 0.25) is 5.91 Å². The number of amides is 1. The summed E-state index contributed by atoms with van der Waals surface area (Å²) < 4.78 is 151. The summed E-state index contributed by atoms with van der Waals surface area (Å²) >= 11 is -0.752. The quantitative estimate of drug-likeness (QED) is 0.148. The molecular formula is C18H10F10N2O5S3. The van der Waals surface area contributed by atoms with Crippen molar-refractivity contribution in [2.75, 3.05) is 11.1 Å². The molecule has 0 saturated heterocycles. The van der Waals surface area contributed by atoms with Crippen LogP contribution in [0.3, 0.4) is 0 Å². The van der Waals surface area contributed by atoms with Gasteiger partial charge in [-0.25, -0.2) is 8.42 Å². The summed E-state index contributed by atoms with van der Waals surface area (Å²) in [5.41, 5.74) is -7.17. The number of carbonyl (C=O) groups is 1. The van der Waals surface area contributed by atoms with Crippen LogP contribution in [0.1, 0.15) is 0 Å². The number of hydrogen-bond acceptors (Lipinski definition) is 7. The van der Waals surface area contributed by atoms with Crippen LogP contribution in [0.15, 0.2) is 57.2 Å². The molecule has 0 aliphatic rings. The highest BCUT2D eigenvalue weighted by Crippen LogP contribution is 2.54. The first kappa shape index (κ1) is 31.5. The van der Waals surface area contributed by atoms with E-state index in [0.29, 0.717) is 30.0 Å². The minimum Gasteiger partial charge on any atom is -0.325 e. The van der Waals surface area contributed by atoms with Crippen LogP contribution in [-0.2, 0) is 14.6 Å². The van der Waals surface area contributed by atoms with Gasteiger partial charge in [-0.3, -0.25) is 14.9 Å². The molecule has 0 radical (unpaired) electrons. The number of rotatable bonds is 9. The van der Waals surface area contributed by atoms with Gasteiger partial charge in [-0.15, -0.1) is 11.8 Å². The molecule has 20 heteroatoms. The van der Waals surface area contributed by atoms with E-state index in [1.165, 1.54) is 0 Å². The highest BCUT2D eigenvalue weighted by Gasteiger charge is 2.73. The molecule has 0 aromatic heterocycles. The molecule has 2 aromatic rings. The maximum atomic E-state index is 13.6. The van der Waals surface area contributed by atoms with Crippen LogP contribution >= 0.6 is 23.5 Å². The smallest absolute Gasteiger partial charge is 0.325 e. The average Bonchev–Trinajstić information content (AvgIpc) is 2.75. The first-order chi connectivity index (χ1) is 17.1. The normalized spacial score (nSPS) is 13.3. The van der Waals surface area contributed by atoms with Gasteiger partial charge in [0, 0.05) is 16.6 Å². The molecule has 0 bridgehead atoms. The minimum absolute atomic E-state index is 0.140. The second-order valence-electron chi connectivity index (χ2n) is 6.89. The maximum absolute atomic E-state index is 13.6. The van der Waals surface area contributed by atoms with E-state index in [0.717, 1.165) is 18.2 Å². The molecule has 0 fully saturated rings. The number of sulfone groups is 1. The Labute approximate surface area is 214 Å². The van der Waals surface area contributed by atoms with Crippen molar-refractivity contribution in [3.05, 3.63) is 52.6 Å². The third-order valence-corrected chi connectivity index (χ3v) is 7.74. The first-order valence-corrected chi connectivity index (χ1v) is 12.5. The summed E-state index contributed by atoms with van der Waals surface area (Å²) in [6, 6.07) is 4.61. The lowest BCUT2D eigenvalue weighted by molar-refractivity contribution is -0.388. The van der Waals surface area contributed by atoms with Crippen LogP contribution < -0.4 is 5.32 Å². The number of anilines is 1. The molecule has 1 N–H and O–H groups in total. The van der Waals surface area contributed by atoms with Gasteiger partial charge < -0.3 is 5.32 Å². The Morgan fingerprint density at radius 1 is 0.947 bits per heavy atom. The Balaban J connectivity index is 2.16. The van der Waals surface area contributed by atoms with Crippen molar-refractivity contribution in [1.29, 1.82) is 0 Å². The van der Waals surface area contributed by atoms with E-state index in [4.69, 9.17) is 0 Å². The van der Waals surface area contributed by atoms with E-state index < -0.39 is 81.4 Å². The van der Waals surface area contributed by atoms with Crippen LogP contribution in [0, 0.1) is 10.1 Å². The number of halogens is 10. The SMILES string of the molecule is O=C(CSc1ccc(S(=O)(=O)C(F)(F)F)cc1[N+](=O)[O-])Nc1cccc(SC(F)(F)C(F)(F)C(F)(F)F)c1. The van der Waals surface area contributed by atoms with E-state index in [-0.39, 0.29) is 11.8 Å². The van der Waals surface area contributed by atoms with Gasteiger partial charge in [-0.2, -0.15) is 43.9 Å². The highest BCUT2D eigenvalue weighted by molar-refractivity contribution is 8.00. The summed E-state index contributed by atoms with van der Waals surface area (Å²) in [6.45, 7) is 0. The number of nitrogens with zero attached hydrogens (tertiary/aromatic N) is 1. The van der Waals surface area contributed by atoms with Crippen LogP contribution in [-0.4, -0.2) is 47.9 Å². The van der Waals surface area contributed by atoms with Crippen LogP contribution in [0.4, 0.5) is 55.3 Å². The molecule has 0 aliphatic heterocycles. The topological polar surface area (TPSA) is 106 Å².